The lowest BCUT2D eigenvalue weighted by atomic mass is 10.1. The molecule has 9 nitrogen and oxygen atoms in total. The molecule has 1 aliphatic heterocycles. The molecule has 4 rings (SSSR count). The van der Waals surface area contributed by atoms with Gasteiger partial charge in [-0.25, -0.2) is 28.2 Å². The molecule has 1 saturated heterocycles. The minimum absolute atomic E-state index is 0.0801. The van der Waals surface area contributed by atoms with Crippen LogP contribution in [-0.4, -0.2) is 43.2 Å². The Morgan fingerprint density at radius 2 is 2.20 bits per heavy atom. The van der Waals surface area contributed by atoms with E-state index >= 15 is 0 Å². The predicted octanol–water partition coefficient (Wildman–Crippen LogP) is 3.22. The number of nitrogens with zero attached hydrogens (tertiary/aromatic N) is 5. The number of hydrogen-bond donors (Lipinski definition) is 2. The molecule has 1 atom stereocenters. The summed E-state index contributed by atoms with van der Waals surface area (Å²) in [6.07, 6.45) is -0.0907. The fourth-order valence-corrected chi connectivity index (χ4v) is 3.18. The van der Waals surface area contributed by atoms with Crippen LogP contribution in [0.25, 0.3) is 11.3 Å². The molecule has 1 amide bonds. The Morgan fingerprint density at radius 1 is 1.37 bits per heavy atom. The fraction of sp³-hybridized carbons (Fsp3) is 0.316. The van der Waals surface area contributed by atoms with Gasteiger partial charge in [0.1, 0.15) is 17.0 Å². The lowest BCUT2D eigenvalue weighted by Gasteiger charge is -2.19. The Labute approximate surface area is 170 Å². The molecule has 1 aliphatic rings. The topological polar surface area (TPSA) is 107 Å². The van der Waals surface area contributed by atoms with E-state index in [0.717, 1.165) is 11.1 Å². The number of amides is 1. The molecule has 0 aliphatic carbocycles. The molecule has 2 N–H and O–H groups in total. The minimum atomic E-state index is -2.67. The summed E-state index contributed by atoms with van der Waals surface area (Å²) in [7, 11) is 0. The maximum Gasteiger partial charge on any atom is 0.407 e. The summed E-state index contributed by atoms with van der Waals surface area (Å²) in [6.45, 7) is 4.45. The average Bonchev–Trinajstić information content (AvgIpc) is 3.27. The van der Waals surface area contributed by atoms with Crippen LogP contribution in [-0.2, 0) is 11.3 Å². The maximum absolute atomic E-state index is 12.9. The highest BCUT2D eigenvalue weighted by molar-refractivity contribution is 5.70. The number of alkyl halides is 2. The van der Waals surface area contributed by atoms with Crippen LogP contribution in [0.1, 0.15) is 24.6 Å². The van der Waals surface area contributed by atoms with Crippen LogP contribution in [0.3, 0.4) is 0 Å². The van der Waals surface area contributed by atoms with E-state index in [-0.39, 0.29) is 11.6 Å². The molecule has 1 fully saturated rings. The van der Waals surface area contributed by atoms with Crippen molar-refractivity contribution in [2.75, 3.05) is 11.9 Å². The highest BCUT2D eigenvalue weighted by atomic mass is 19.3. The number of alkyl carbamates (subject to hydrolysis) is 1. The number of aromatic nitrogens is 5. The van der Waals surface area contributed by atoms with Crippen molar-refractivity contribution in [3.63, 3.8) is 0 Å². The molecule has 3 heterocycles. The Kier molecular flexibility index (Phi) is 5.02. The third-order valence-electron chi connectivity index (χ3n) is 4.51. The lowest BCUT2D eigenvalue weighted by Crippen LogP contribution is -2.34. The van der Waals surface area contributed by atoms with Crippen LogP contribution in [0.2, 0.25) is 0 Å². The van der Waals surface area contributed by atoms with Crippen LogP contribution in [0.4, 0.5) is 25.2 Å². The molecule has 30 heavy (non-hydrogen) atoms. The summed E-state index contributed by atoms with van der Waals surface area (Å²) >= 11 is 0. The molecule has 156 valence electrons. The summed E-state index contributed by atoms with van der Waals surface area (Å²) in [4.78, 5) is 19.1. The number of nitrogens with one attached hydrogen (secondary N) is 2. The van der Waals surface area contributed by atoms with Crippen molar-refractivity contribution in [1.29, 1.82) is 0 Å². The molecular weight excluding hydrogens is 396 g/mol. The van der Waals surface area contributed by atoms with Crippen molar-refractivity contribution < 1.29 is 18.3 Å². The van der Waals surface area contributed by atoms with Crippen LogP contribution >= 0.6 is 0 Å². The van der Waals surface area contributed by atoms with Crippen molar-refractivity contribution in [3.8, 4) is 11.3 Å². The van der Waals surface area contributed by atoms with E-state index in [1.807, 2.05) is 26.0 Å². The van der Waals surface area contributed by atoms with Gasteiger partial charge < -0.3 is 15.4 Å². The van der Waals surface area contributed by atoms with E-state index < -0.39 is 18.1 Å². The zero-order valence-electron chi connectivity index (χ0n) is 16.3. The number of cyclic esters (lactones) is 1. The number of carbonyl (C=O) groups is 1. The third kappa shape index (κ3) is 4.34. The molecule has 3 aromatic rings. The summed E-state index contributed by atoms with van der Waals surface area (Å²) in [6, 6.07) is 6.75. The maximum atomic E-state index is 12.9. The first-order chi connectivity index (χ1) is 14.3. The fourth-order valence-electron chi connectivity index (χ4n) is 3.18. The van der Waals surface area contributed by atoms with Gasteiger partial charge in [0.15, 0.2) is 0 Å². The first-order valence-electron chi connectivity index (χ1n) is 9.17. The van der Waals surface area contributed by atoms with Crippen LogP contribution < -0.4 is 10.6 Å². The van der Waals surface area contributed by atoms with E-state index in [4.69, 9.17) is 4.74 Å². The van der Waals surface area contributed by atoms with Gasteiger partial charge in [-0.2, -0.15) is 0 Å². The van der Waals surface area contributed by atoms with Gasteiger partial charge in [0, 0.05) is 17.4 Å². The summed E-state index contributed by atoms with van der Waals surface area (Å²) < 4.78 is 32.6. The van der Waals surface area contributed by atoms with Crippen molar-refractivity contribution in [2.24, 2.45) is 0 Å². The smallest absolute Gasteiger partial charge is 0.407 e. The number of aryl methyl sites for hydroxylation is 1. The van der Waals surface area contributed by atoms with Gasteiger partial charge in [-0.3, -0.25) is 0 Å². The van der Waals surface area contributed by atoms with Crippen LogP contribution in [0.15, 0.2) is 36.7 Å². The Balaban J connectivity index is 1.54. The zero-order chi connectivity index (χ0) is 21.3. The van der Waals surface area contributed by atoms with Gasteiger partial charge in [-0.05, 0) is 43.7 Å². The van der Waals surface area contributed by atoms with E-state index in [1.165, 1.54) is 12.3 Å². The standard InChI is InChI=1S/C19H19F2N7O2/c1-11-5-12(7-13(6-11)24-17-22-4-3-14(25-17)16(20)21)15-8-28(27-26-15)10-19(2)9-23-18(29)30-19/h3-8,16H,9-10H2,1-2H3,(H,23,29)(H,22,24,25)/t19-/m1/s1. The van der Waals surface area contributed by atoms with E-state index in [1.54, 1.807) is 16.9 Å². The molecular formula is C19H19F2N7O2. The number of anilines is 2. The van der Waals surface area contributed by atoms with Gasteiger partial charge in [0.25, 0.3) is 6.43 Å². The van der Waals surface area contributed by atoms with Gasteiger partial charge in [-0.1, -0.05) is 5.21 Å². The van der Waals surface area contributed by atoms with Crippen LogP contribution in [0.5, 0.6) is 0 Å². The first-order valence-corrected chi connectivity index (χ1v) is 9.17. The quantitative estimate of drug-likeness (QED) is 0.637. The zero-order valence-corrected chi connectivity index (χ0v) is 16.3. The summed E-state index contributed by atoms with van der Waals surface area (Å²) in [5.41, 5.74) is 1.90. The number of hydrogen-bond acceptors (Lipinski definition) is 7. The van der Waals surface area contributed by atoms with Crippen LogP contribution in [0, 0.1) is 6.92 Å². The lowest BCUT2D eigenvalue weighted by molar-refractivity contribution is 0.0545. The Morgan fingerprint density at radius 3 is 2.93 bits per heavy atom. The van der Waals surface area contributed by atoms with Crippen molar-refractivity contribution in [1.82, 2.24) is 30.3 Å². The number of carbonyl (C=O) groups excluding carboxylic acids is 1. The molecule has 0 unspecified atom stereocenters. The van der Waals surface area contributed by atoms with E-state index in [0.29, 0.717) is 24.5 Å². The molecule has 0 bridgehead atoms. The number of rotatable bonds is 6. The van der Waals surface area contributed by atoms with Crippen molar-refractivity contribution in [3.05, 3.63) is 47.9 Å². The second kappa shape index (κ2) is 7.65. The molecule has 11 heteroatoms. The second-order valence-corrected chi connectivity index (χ2v) is 7.31. The number of ether oxygens (including phenoxy) is 1. The second-order valence-electron chi connectivity index (χ2n) is 7.31. The monoisotopic (exact) mass is 415 g/mol. The van der Waals surface area contributed by atoms with Gasteiger partial charge in [0.2, 0.25) is 5.95 Å². The van der Waals surface area contributed by atoms with Gasteiger partial charge in [0.05, 0.1) is 19.3 Å². The Hall–Kier alpha value is -3.63. The van der Waals surface area contributed by atoms with E-state index in [2.05, 4.69) is 30.9 Å². The molecule has 0 radical (unpaired) electrons. The predicted molar refractivity (Wildman–Crippen MR) is 103 cm³/mol. The Bertz CT molecular complexity index is 1090. The largest absolute Gasteiger partial charge is 0.439 e. The van der Waals surface area contributed by atoms with Crippen molar-refractivity contribution >= 4 is 17.7 Å². The molecule has 0 saturated carbocycles. The first kappa shape index (κ1) is 19.7. The average molecular weight is 415 g/mol. The normalized spacial score (nSPS) is 18.4. The van der Waals surface area contributed by atoms with E-state index in [9.17, 15) is 13.6 Å². The number of benzene rings is 1. The summed E-state index contributed by atoms with van der Waals surface area (Å²) in [5, 5.41) is 13.9. The summed E-state index contributed by atoms with van der Waals surface area (Å²) in [5.74, 6) is 0.0801. The number of halogens is 2. The molecule has 1 aromatic carbocycles. The highest BCUT2D eigenvalue weighted by Gasteiger charge is 2.36. The third-order valence-corrected chi connectivity index (χ3v) is 4.51. The van der Waals surface area contributed by atoms with Gasteiger partial charge >= 0.3 is 6.09 Å². The SMILES string of the molecule is Cc1cc(Nc2nccc(C(F)F)n2)cc(-c2cn(C[C@@]3(C)CNC(=O)O3)nn2)c1. The van der Waals surface area contributed by atoms with Crippen molar-refractivity contribution in [2.45, 2.75) is 32.4 Å². The minimum Gasteiger partial charge on any atom is -0.439 e. The molecule has 2 aromatic heterocycles. The highest BCUT2D eigenvalue weighted by Crippen LogP contribution is 2.26. The molecule has 0 spiro atoms. The van der Waals surface area contributed by atoms with Gasteiger partial charge in [-0.15, -0.1) is 5.10 Å².